The van der Waals surface area contributed by atoms with Crippen LogP contribution in [0.1, 0.15) is 279 Å². The fourth-order valence-electron chi connectivity index (χ4n) is 9.85. The zero-order valence-corrected chi connectivity index (χ0v) is 46.7. The normalized spacial score (nSPS) is 15.4. The summed E-state index contributed by atoms with van der Waals surface area (Å²) >= 11 is 0. The van der Waals surface area contributed by atoms with Gasteiger partial charge in [-0.25, -0.2) is 0 Å². The van der Waals surface area contributed by atoms with Crippen LogP contribution >= 0.6 is 0 Å². The Bertz CT molecular complexity index is 1230. The van der Waals surface area contributed by atoms with Crippen molar-refractivity contribution >= 4 is 23.9 Å². The molecule has 0 aromatic heterocycles. The van der Waals surface area contributed by atoms with Gasteiger partial charge in [-0.05, 0) is 105 Å². The van der Waals surface area contributed by atoms with Crippen LogP contribution in [0.25, 0.3) is 0 Å². The topological polar surface area (TPSA) is 112 Å². The van der Waals surface area contributed by atoms with Crippen LogP contribution in [0.15, 0.2) is 0 Å². The highest BCUT2D eigenvalue weighted by Crippen LogP contribution is 2.28. The monoisotopic (exact) mass is 977 g/mol. The third kappa shape index (κ3) is 35.5. The molecule has 0 aromatic carbocycles. The summed E-state index contributed by atoms with van der Waals surface area (Å²) in [5.74, 6) is 0.157. The van der Waals surface area contributed by atoms with Crippen molar-refractivity contribution < 1.29 is 38.1 Å². The number of carbonyl (C=O) groups excluding carboxylic acids is 4. The number of unbranched alkanes of at least 4 members (excludes halogenated alkanes) is 21. The maximum absolute atomic E-state index is 13.5. The summed E-state index contributed by atoms with van der Waals surface area (Å²) in [5, 5.41) is 0. The van der Waals surface area contributed by atoms with Gasteiger partial charge in [0.15, 0.2) is 0 Å². The van der Waals surface area contributed by atoms with Crippen LogP contribution in [0, 0.1) is 11.3 Å². The Morgan fingerprint density at radius 3 is 1.65 bits per heavy atom. The Hall–Kier alpha value is -2.20. The second kappa shape index (κ2) is 43.4. The molecule has 1 heterocycles. The minimum absolute atomic E-state index is 0.0466. The maximum atomic E-state index is 13.5. The molecule has 10 heteroatoms. The molecule has 0 amide bonds. The number of hydrogen-bond donors (Lipinski definition) is 0. The van der Waals surface area contributed by atoms with E-state index >= 15 is 0 Å². The Morgan fingerprint density at radius 2 is 1.04 bits per heavy atom. The van der Waals surface area contributed by atoms with Gasteiger partial charge in [-0.3, -0.25) is 24.1 Å². The molecule has 1 unspecified atom stereocenters. The lowest BCUT2D eigenvalue weighted by Crippen LogP contribution is -2.38. The molecule has 0 aromatic rings. The van der Waals surface area contributed by atoms with Crippen LogP contribution in [0.5, 0.6) is 0 Å². The molecule has 0 aliphatic carbocycles. The highest BCUT2D eigenvalue weighted by Gasteiger charge is 2.39. The van der Waals surface area contributed by atoms with Crippen molar-refractivity contribution in [2.75, 3.05) is 46.9 Å². The van der Waals surface area contributed by atoms with Crippen molar-refractivity contribution in [3.05, 3.63) is 0 Å². The standard InChI is InChI=1S/C59H112N2O8/c1-9-13-17-19-22-30-40-52(41-31-23-20-18-14-10-2)68-55(62)42-32-24-21-27-35-47-66-57(64)54-49-53(69-56(63)43-46-60(7)8)50-61(54)45-34-26-25-33-44-59(5,6)58(65)67-48-36-39-51(37-28-15-11-3)38-29-16-12-4/h51-54H,9-50H2,1-8H3/t53?,54-/m0/s1. The number of rotatable bonds is 48. The van der Waals surface area contributed by atoms with Gasteiger partial charge < -0.3 is 23.8 Å². The molecule has 1 fully saturated rings. The Kier molecular flexibility index (Phi) is 40.8. The molecule has 0 bridgehead atoms. The summed E-state index contributed by atoms with van der Waals surface area (Å²) in [5.41, 5.74) is -0.508. The molecule has 2 atom stereocenters. The summed E-state index contributed by atoms with van der Waals surface area (Å²) in [6.45, 7) is 15.8. The maximum Gasteiger partial charge on any atom is 0.323 e. The van der Waals surface area contributed by atoms with E-state index in [1.807, 2.05) is 32.8 Å². The van der Waals surface area contributed by atoms with Crippen LogP contribution in [-0.4, -0.2) is 98.9 Å². The Morgan fingerprint density at radius 1 is 0.551 bits per heavy atom. The minimum Gasteiger partial charge on any atom is -0.465 e. The average molecular weight is 978 g/mol. The van der Waals surface area contributed by atoms with Crippen molar-refractivity contribution in [3.63, 3.8) is 0 Å². The Labute approximate surface area is 426 Å². The summed E-state index contributed by atoms with van der Waals surface area (Å²) in [6.07, 6.45) is 39.6. The van der Waals surface area contributed by atoms with Crippen molar-refractivity contribution in [2.45, 2.75) is 297 Å². The fraction of sp³-hybridized carbons (Fsp3) is 0.932. The van der Waals surface area contributed by atoms with E-state index < -0.39 is 11.5 Å². The van der Waals surface area contributed by atoms with E-state index in [9.17, 15) is 19.2 Å². The highest BCUT2D eigenvalue weighted by molar-refractivity contribution is 5.77. The SMILES string of the molecule is CCCCCCCCC(CCCCCCCC)OC(=O)CCCCCCCOC(=O)[C@@H]1CC(OC(=O)CCN(C)C)CN1CCCCCCC(C)(C)C(=O)OCCCC(CCCCC)CCCCC. The second-order valence-corrected chi connectivity index (χ2v) is 22.0. The molecule has 0 N–H and O–H groups in total. The van der Waals surface area contributed by atoms with Crippen molar-refractivity contribution in [2.24, 2.45) is 11.3 Å². The van der Waals surface area contributed by atoms with E-state index in [0.717, 1.165) is 115 Å². The molecule has 0 spiro atoms. The summed E-state index contributed by atoms with van der Waals surface area (Å²) in [7, 11) is 3.87. The van der Waals surface area contributed by atoms with E-state index in [1.54, 1.807) is 0 Å². The van der Waals surface area contributed by atoms with E-state index in [2.05, 4.69) is 32.6 Å². The fourth-order valence-corrected chi connectivity index (χ4v) is 9.85. The van der Waals surface area contributed by atoms with Gasteiger partial charge in [0, 0.05) is 25.9 Å². The number of ether oxygens (including phenoxy) is 4. The summed E-state index contributed by atoms with van der Waals surface area (Å²) in [6, 6.07) is -0.426. The molecule has 1 rings (SSSR count). The quantitative estimate of drug-likeness (QED) is 0.0332. The van der Waals surface area contributed by atoms with Crippen molar-refractivity contribution in [1.82, 2.24) is 9.80 Å². The van der Waals surface area contributed by atoms with E-state index in [-0.39, 0.29) is 36.1 Å². The second-order valence-electron chi connectivity index (χ2n) is 22.0. The van der Waals surface area contributed by atoms with Gasteiger partial charge in [0.25, 0.3) is 0 Å². The number of carbonyl (C=O) groups is 4. The van der Waals surface area contributed by atoms with Crippen LogP contribution in [0.4, 0.5) is 0 Å². The zero-order chi connectivity index (χ0) is 50.8. The third-order valence-electron chi connectivity index (χ3n) is 14.5. The van der Waals surface area contributed by atoms with Gasteiger partial charge in [0.05, 0.1) is 25.0 Å². The van der Waals surface area contributed by atoms with Crippen molar-refractivity contribution in [1.29, 1.82) is 0 Å². The minimum atomic E-state index is -0.508. The van der Waals surface area contributed by atoms with Gasteiger partial charge in [0.1, 0.15) is 18.2 Å². The number of likely N-dealkylation sites (tertiary alicyclic amines) is 1. The van der Waals surface area contributed by atoms with Gasteiger partial charge >= 0.3 is 23.9 Å². The molecule has 10 nitrogen and oxygen atoms in total. The molecule has 69 heavy (non-hydrogen) atoms. The predicted octanol–water partition coefficient (Wildman–Crippen LogP) is 15.3. The van der Waals surface area contributed by atoms with Gasteiger partial charge in [-0.15, -0.1) is 0 Å². The van der Waals surface area contributed by atoms with Crippen LogP contribution in [0.3, 0.4) is 0 Å². The summed E-state index contributed by atoms with van der Waals surface area (Å²) < 4.78 is 23.6. The molecular weight excluding hydrogens is 865 g/mol. The largest absolute Gasteiger partial charge is 0.465 e. The first-order valence-corrected chi connectivity index (χ1v) is 29.5. The molecular formula is C59H112N2O8. The van der Waals surface area contributed by atoms with E-state index in [4.69, 9.17) is 18.9 Å². The average Bonchev–Trinajstić information content (AvgIpc) is 3.72. The van der Waals surface area contributed by atoms with Crippen LogP contribution in [0.2, 0.25) is 0 Å². The lowest BCUT2D eigenvalue weighted by molar-refractivity contribution is -0.154. The zero-order valence-electron chi connectivity index (χ0n) is 46.7. The lowest BCUT2D eigenvalue weighted by atomic mass is 9.87. The summed E-state index contributed by atoms with van der Waals surface area (Å²) in [4.78, 5) is 56.2. The first kappa shape index (κ1) is 64.8. The highest BCUT2D eigenvalue weighted by atomic mass is 16.6. The first-order valence-electron chi connectivity index (χ1n) is 29.5. The lowest BCUT2D eigenvalue weighted by Gasteiger charge is -2.24. The number of nitrogens with zero attached hydrogens (tertiary/aromatic N) is 2. The molecule has 0 saturated carbocycles. The predicted molar refractivity (Wildman–Crippen MR) is 286 cm³/mol. The van der Waals surface area contributed by atoms with E-state index in [0.29, 0.717) is 45.6 Å². The molecule has 0 radical (unpaired) electrons. The smallest absolute Gasteiger partial charge is 0.323 e. The number of esters is 4. The number of hydrogen-bond acceptors (Lipinski definition) is 10. The van der Waals surface area contributed by atoms with Crippen molar-refractivity contribution in [3.8, 4) is 0 Å². The van der Waals surface area contributed by atoms with Gasteiger partial charge in [-0.1, -0.05) is 182 Å². The first-order chi connectivity index (χ1) is 33.4. The third-order valence-corrected chi connectivity index (χ3v) is 14.5. The van der Waals surface area contributed by atoms with Crippen LogP contribution in [-0.2, 0) is 38.1 Å². The molecule has 1 saturated heterocycles. The molecule has 1 aliphatic heterocycles. The molecule has 406 valence electrons. The van der Waals surface area contributed by atoms with E-state index in [1.165, 1.54) is 116 Å². The van der Waals surface area contributed by atoms with Crippen LogP contribution < -0.4 is 0 Å². The molecule has 1 aliphatic rings. The Balaban J connectivity index is 2.49. The van der Waals surface area contributed by atoms with Gasteiger partial charge in [0.2, 0.25) is 0 Å². The van der Waals surface area contributed by atoms with Gasteiger partial charge in [-0.2, -0.15) is 0 Å².